The summed E-state index contributed by atoms with van der Waals surface area (Å²) >= 11 is 0. The third-order valence-corrected chi connectivity index (χ3v) is 2.25. The average molecular weight is 234 g/mol. The van der Waals surface area contributed by atoms with Gasteiger partial charge in [-0.3, -0.25) is 0 Å². The largest absolute Gasteiger partial charge is 0.312 e. The Kier molecular flexibility index (Phi) is 5.13. The predicted octanol–water partition coefficient (Wildman–Crippen LogP) is 2.34. The zero-order valence-electron chi connectivity index (χ0n) is 9.26. The molecule has 1 aromatic rings. The third kappa shape index (κ3) is 3.86. The molecule has 4 heteroatoms. The van der Waals surface area contributed by atoms with Gasteiger partial charge in [-0.1, -0.05) is 0 Å². The third-order valence-electron chi connectivity index (χ3n) is 2.25. The van der Waals surface area contributed by atoms with Crippen molar-refractivity contribution in [2.45, 2.75) is 19.4 Å². The molecule has 0 fully saturated rings. The lowest BCUT2D eigenvalue weighted by Gasteiger charge is -2.06. The van der Waals surface area contributed by atoms with E-state index in [2.05, 4.69) is 11.2 Å². The molecule has 0 spiro atoms. The van der Waals surface area contributed by atoms with Crippen molar-refractivity contribution in [3.63, 3.8) is 0 Å². The first-order valence-electron chi connectivity index (χ1n) is 5.21. The maximum atomic E-state index is 13.4. The number of halogens is 2. The highest BCUT2D eigenvalue weighted by atomic mass is 19.1. The molecule has 0 unspecified atom stereocenters. The summed E-state index contributed by atoms with van der Waals surface area (Å²) in [5, 5.41) is 11.4. The van der Waals surface area contributed by atoms with Crippen molar-refractivity contribution in [2.24, 2.45) is 0 Å². The number of rotatable bonds is 5. The van der Waals surface area contributed by atoms with E-state index in [1.165, 1.54) is 0 Å². The van der Waals surface area contributed by atoms with Crippen LogP contribution in [0.4, 0.5) is 8.78 Å². The summed E-state index contributed by atoms with van der Waals surface area (Å²) in [6.45, 7) is 0.691. The first-order valence-corrected chi connectivity index (χ1v) is 5.21. The molecule has 2 nitrogen and oxygen atoms in total. The van der Waals surface area contributed by atoms with Crippen molar-refractivity contribution >= 4 is 0 Å². The SMILES string of the molecule is C#CCCCNCc1c(F)cc(C#N)cc1F. The maximum absolute atomic E-state index is 13.4. The Morgan fingerprint density at radius 1 is 1.29 bits per heavy atom. The molecular formula is C13H12F2N2. The summed E-state index contributed by atoms with van der Waals surface area (Å²) < 4.78 is 26.8. The number of terminal acetylenes is 1. The predicted molar refractivity (Wildman–Crippen MR) is 60.8 cm³/mol. The van der Waals surface area contributed by atoms with Gasteiger partial charge in [0.1, 0.15) is 11.6 Å². The van der Waals surface area contributed by atoms with E-state index in [1.54, 1.807) is 6.07 Å². The molecule has 0 aliphatic carbocycles. The summed E-state index contributed by atoms with van der Waals surface area (Å²) in [6, 6.07) is 3.76. The summed E-state index contributed by atoms with van der Waals surface area (Å²) in [6.07, 6.45) is 6.46. The Morgan fingerprint density at radius 2 is 1.94 bits per heavy atom. The van der Waals surface area contributed by atoms with E-state index < -0.39 is 11.6 Å². The molecule has 0 heterocycles. The fourth-order valence-corrected chi connectivity index (χ4v) is 1.37. The summed E-state index contributed by atoms with van der Waals surface area (Å²) in [5.74, 6) is 1.07. The van der Waals surface area contributed by atoms with Gasteiger partial charge >= 0.3 is 0 Å². The second kappa shape index (κ2) is 6.62. The Labute approximate surface area is 99.3 Å². The molecule has 0 aliphatic heterocycles. The molecule has 0 aromatic heterocycles. The van der Waals surface area contributed by atoms with Crippen molar-refractivity contribution in [3.05, 3.63) is 34.9 Å². The van der Waals surface area contributed by atoms with Crippen molar-refractivity contribution in [1.29, 1.82) is 5.26 Å². The average Bonchev–Trinajstić information content (AvgIpc) is 2.31. The lowest BCUT2D eigenvalue weighted by Crippen LogP contribution is -2.16. The van der Waals surface area contributed by atoms with Gasteiger partial charge in [-0.05, 0) is 25.1 Å². The Hall–Kier alpha value is -1.91. The summed E-state index contributed by atoms with van der Waals surface area (Å²) in [5.41, 5.74) is -0.0687. The van der Waals surface area contributed by atoms with Crippen molar-refractivity contribution in [2.75, 3.05) is 6.54 Å². The Bertz CT molecular complexity index is 446. The number of hydrogen-bond acceptors (Lipinski definition) is 2. The van der Waals surface area contributed by atoms with E-state index in [0.717, 1.165) is 18.6 Å². The number of benzene rings is 1. The van der Waals surface area contributed by atoms with Crippen LogP contribution in [0, 0.1) is 35.3 Å². The van der Waals surface area contributed by atoms with E-state index in [-0.39, 0.29) is 17.7 Å². The molecule has 0 saturated carbocycles. The molecule has 17 heavy (non-hydrogen) atoms. The van der Waals surface area contributed by atoms with Crippen LogP contribution in [0.15, 0.2) is 12.1 Å². The van der Waals surface area contributed by atoms with Crippen LogP contribution in [-0.2, 0) is 6.54 Å². The van der Waals surface area contributed by atoms with Crippen LogP contribution in [-0.4, -0.2) is 6.54 Å². The van der Waals surface area contributed by atoms with Crippen molar-refractivity contribution in [1.82, 2.24) is 5.32 Å². The van der Waals surface area contributed by atoms with Gasteiger partial charge in [0, 0.05) is 18.5 Å². The van der Waals surface area contributed by atoms with Gasteiger partial charge in [0.05, 0.1) is 11.6 Å². The number of nitrogens with zero attached hydrogens (tertiary/aromatic N) is 1. The second-order valence-corrected chi connectivity index (χ2v) is 3.51. The second-order valence-electron chi connectivity index (χ2n) is 3.51. The van der Waals surface area contributed by atoms with Crippen LogP contribution < -0.4 is 5.32 Å². The van der Waals surface area contributed by atoms with Crippen molar-refractivity contribution in [3.8, 4) is 18.4 Å². The minimum atomic E-state index is -0.703. The topological polar surface area (TPSA) is 35.8 Å². The molecule has 0 saturated heterocycles. The van der Waals surface area contributed by atoms with Crippen LogP contribution in [0.1, 0.15) is 24.0 Å². The van der Waals surface area contributed by atoms with E-state index >= 15 is 0 Å². The van der Waals surface area contributed by atoms with Gasteiger partial charge in [-0.25, -0.2) is 8.78 Å². The quantitative estimate of drug-likeness (QED) is 0.627. The van der Waals surface area contributed by atoms with Crippen molar-refractivity contribution < 1.29 is 8.78 Å². The van der Waals surface area contributed by atoms with E-state index in [9.17, 15) is 8.78 Å². The van der Waals surface area contributed by atoms with Gasteiger partial charge in [0.15, 0.2) is 0 Å². The monoisotopic (exact) mass is 234 g/mol. The van der Waals surface area contributed by atoms with Crippen LogP contribution in [0.2, 0.25) is 0 Å². The zero-order valence-corrected chi connectivity index (χ0v) is 9.26. The number of hydrogen-bond donors (Lipinski definition) is 1. The maximum Gasteiger partial charge on any atom is 0.131 e. The van der Waals surface area contributed by atoms with Gasteiger partial charge in [-0.15, -0.1) is 12.3 Å². The zero-order chi connectivity index (χ0) is 12.7. The van der Waals surface area contributed by atoms with Crippen LogP contribution in [0.5, 0.6) is 0 Å². The standard InChI is InChI=1S/C13H12F2N2/c1-2-3-4-5-17-9-11-12(14)6-10(8-16)7-13(11)15/h1,6-7,17H,3-5,9H2. The molecular weight excluding hydrogens is 222 g/mol. The number of nitriles is 1. The van der Waals surface area contributed by atoms with Crippen LogP contribution in [0.3, 0.4) is 0 Å². The first kappa shape index (κ1) is 13.2. The van der Waals surface area contributed by atoms with Gasteiger partial charge in [0.2, 0.25) is 0 Å². The smallest absolute Gasteiger partial charge is 0.131 e. The first-order chi connectivity index (χ1) is 8.19. The molecule has 1 rings (SSSR count). The lowest BCUT2D eigenvalue weighted by molar-refractivity contribution is 0.533. The Balaban J connectivity index is 2.60. The van der Waals surface area contributed by atoms with Gasteiger partial charge < -0.3 is 5.32 Å². The summed E-state index contributed by atoms with van der Waals surface area (Å²) in [4.78, 5) is 0. The number of unbranched alkanes of at least 4 members (excludes halogenated alkanes) is 1. The summed E-state index contributed by atoms with van der Waals surface area (Å²) in [7, 11) is 0. The van der Waals surface area contributed by atoms with E-state index in [1.807, 2.05) is 0 Å². The molecule has 0 bridgehead atoms. The van der Waals surface area contributed by atoms with E-state index in [4.69, 9.17) is 11.7 Å². The molecule has 0 radical (unpaired) electrons. The normalized spacial score (nSPS) is 9.65. The van der Waals surface area contributed by atoms with Gasteiger partial charge in [0.25, 0.3) is 0 Å². The minimum Gasteiger partial charge on any atom is -0.312 e. The highest BCUT2D eigenvalue weighted by Crippen LogP contribution is 2.14. The fourth-order valence-electron chi connectivity index (χ4n) is 1.37. The van der Waals surface area contributed by atoms with Gasteiger partial charge in [-0.2, -0.15) is 5.26 Å². The highest BCUT2D eigenvalue weighted by molar-refractivity contribution is 5.34. The highest BCUT2D eigenvalue weighted by Gasteiger charge is 2.10. The molecule has 0 atom stereocenters. The lowest BCUT2D eigenvalue weighted by atomic mass is 10.1. The molecule has 1 aromatic carbocycles. The molecule has 0 aliphatic rings. The molecule has 1 N–H and O–H groups in total. The number of nitrogens with one attached hydrogen (secondary N) is 1. The van der Waals surface area contributed by atoms with Crippen LogP contribution >= 0.6 is 0 Å². The van der Waals surface area contributed by atoms with Crippen LogP contribution in [0.25, 0.3) is 0 Å². The molecule has 88 valence electrons. The van der Waals surface area contributed by atoms with E-state index in [0.29, 0.717) is 13.0 Å². The fraction of sp³-hybridized carbons (Fsp3) is 0.308. The Morgan fingerprint density at radius 3 is 2.47 bits per heavy atom. The minimum absolute atomic E-state index is 0.0175. The molecule has 0 amide bonds.